The van der Waals surface area contributed by atoms with Gasteiger partial charge in [0, 0.05) is 18.2 Å². The van der Waals surface area contributed by atoms with Crippen LogP contribution in [0.5, 0.6) is 0 Å². The van der Waals surface area contributed by atoms with Crippen LogP contribution in [0.3, 0.4) is 0 Å². The first-order valence-corrected chi connectivity index (χ1v) is 5.98. The Labute approximate surface area is 107 Å². The minimum Gasteiger partial charge on any atom is -0.380 e. The molecule has 1 aromatic rings. The van der Waals surface area contributed by atoms with Crippen molar-refractivity contribution in [2.45, 2.75) is 38.8 Å². The second kappa shape index (κ2) is 5.69. The van der Waals surface area contributed by atoms with Gasteiger partial charge in [-0.15, -0.1) is 0 Å². The molecule has 0 radical (unpaired) electrons. The molecule has 0 aliphatic rings. The Hall–Kier alpha value is -0.800. The summed E-state index contributed by atoms with van der Waals surface area (Å²) >= 11 is 5.83. The summed E-state index contributed by atoms with van der Waals surface area (Å²) in [4.78, 5) is 0. The largest absolute Gasteiger partial charge is 0.380 e. The normalized spacial score (nSPS) is 13.5. The quantitative estimate of drug-likeness (QED) is 0.860. The molecule has 0 aliphatic carbocycles. The minimum atomic E-state index is -0.295. The first-order chi connectivity index (χ1) is 7.84. The Morgan fingerprint density at radius 1 is 1.47 bits per heavy atom. The predicted octanol–water partition coefficient (Wildman–Crippen LogP) is 4.09. The van der Waals surface area contributed by atoms with Gasteiger partial charge in [-0.25, -0.2) is 4.39 Å². The Balaban J connectivity index is 2.68. The third-order valence-electron chi connectivity index (χ3n) is 2.68. The van der Waals surface area contributed by atoms with Crippen molar-refractivity contribution in [2.24, 2.45) is 0 Å². The third kappa shape index (κ3) is 4.52. The Morgan fingerprint density at radius 3 is 2.71 bits per heavy atom. The fraction of sp³-hybridized carbons (Fsp3) is 0.538. The lowest BCUT2D eigenvalue weighted by molar-refractivity contribution is 0.0128. The van der Waals surface area contributed by atoms with Gasteiger partial charge in [0.2, 0.25) is 0 Å². The van der Waals surface area contributed by atoms with Crippen molar-refractivity contribution in [1.82, 2.24) is 0 Å². The van der Waals surface area contributed by atoms with E-state index in [9.17, 15) is 4.39 Å². The highest BCUT2D eigenvalue weighted by Gasteiger charge is 2.20. The monoisotopic (exact) mass is 259 g/mol. The second-order valence-corrected chi connectivity index (χ2v) is 5.27. The summed E-state index contributed by atoms with van der Waals surface area (Å²) in [5.41, 5.74) is 0.193. The van der Waals surface area contributed by atoms with E-state index in [1.54, 1.807) is 13.2 Å². The molecule has 1 rings (SSSR count). The average molecular weight is 260 g/mol. The highest BCUT2D eigenvalue weighted by atomic mass is 35.5. The molecule has 0 aromatic heterocycles. The Morgan fingerprint density at radius 2 is 2.12 bits per heavy atom. The number of hydrogen-bond donors (Lipinski definition) is 1. The number of ether oxygens (including phenoxy) is 1. The Bertz CT molecular complexity index is 382. The smallest absolute Gasteiger partial charge is 0.146 e. The molecule has 0 bridgehead atoms. The van der Waals surface area contributed by atoms with Crippen LogP contribution in [0, 0.1) is 5.82 Å². The van der Waals surface area contributed by atoms with Crippen LogP contribution < -0.4 is 5.32 Å². The SMILES string of the molecule is COC(C)(C)CC(C)Nc1cc(Cl)ccc1F. The second-order valence-electron chi connectivity index (χ2n) is 4.84. The number of halogens is 2. The zero-order valence-corrected chi connectivity index (χ0v) is 11.4. The van der Waals surface area contributed by atoms with Gasteiger partial charge in [-0.2, -0.15) is 0 Å². The molecule has 96 valence electrons. The summed E-state index contributed by atoms with van der Waals surface area (Å²) < 4.78 is 18.8. The number of hydrogen-bond acceptors (Lipinski definition) is 2. The van der Waals surface area contributed by atoms with Crippen molar-refractivity contribution in [3.63, 3.8) is 0 Å². The number of nitrogens with one attached hydrogen (secondary N) is 1. The summed E-state index contributed by atoms with van der Waals surface area (Å²) in [5.74, 6) is -0.295. The molecule has 1 N–H and O–H groups in total. The van der Waals surface area contributed by atoms with E-state index >= 15 is 0 Å². The maximum atomic E-state index is 13.5. The van der Waals surface area contributed by atoms with Crippen LogP contribution in [0.1, 0.15) is 27.2 Å². The molecular weight excluding hydrogens is 241 g/mol. The molecule has 0 amide bonds. The van der Waals surface area contributed by atoms with Gasteiger partial charge in [-0.1, -0.05) is 11.6 Å². The first-order valence-electron chi connectivity index (χ1n) is 5.61. The van der Waals surface area contributed by atoms with E-state index in [4.69, 9.17) is 16.3 Å². The van der Waals surface area contributed by atoms with Crippen LogP contribution in [0.4, 0.5) is 10.1 Å². The molecular formula is C13H19ClFNO. The molecule has 0 fully saturated rings. The molecule has 4 heteroatoms. The zero-order chi connectivity index (χ0) is 13.1. The van der Waals surface area contributed by atoms with Crippen LogP contribution in [0.15, 0.2) is 18.2 Å². The molecule has 0 aliphatic heterocycles. The average Bonchev–Trinajstić information content (AvgIpc) is 2.23. The van der Waals surface area contributed by atoms with Crippen LogP contribution >= 0.6 is 11.6 Å². The lowest BCUT2D eigenvalue weighted by Gasteiger charge is -2.27. The summed E-state index contributed by atoms with van der Waals surface area (Å²) in [5, 5.41) is 3.62. The van der Waals surface area contributed by atoms with Crippen molar-refractivity contribution >= 4 is 17.3 Å². The van der Waals surface area contributed by atoms with Crippen molar-refractivity contribution < 1.29 is 9.13 Å². The standard InChI is InChI=1S/C13H19ClFNO/c1-9(8-13(2,3)17-4)16-12-7-10(14)5-6-11(12)15/h5-7,9,16H,8H2,1-4H3. The third-order valence-corrected chi connectivity index (χ3v) is 2.92. The van der Waals surface area contributed by atoms with E-state index in [0.29, 0.717) is 10.7 Å². The lowest BCUT2D eigenvalue weighted by Crippen LogP contribution is -2.31. The van der Waals surface area contributed by atoms with Crippen molar-refractivity contribution in [2.75, 3.05) is 12.4 Å². The summed E-state index contributed by atoms with van der Waals surface area (Å²) in [7, 11) is 1.67. The van der Waals surface area contributed by atoms with E-state index in [1.165, 1.54) is 12.1 Å². The lowest BCUT2D eigenvalue weighted by atomic mass is 9.99. The van der Waals surface area contributed by atoms with E-state index < -0.39 is 0 Å². The number of benzene rings is 1. The first kappa shape index (κ1) is 14.3. The van der Waals surface area contributed by atoms with Gasteiger partial charge in [-0.3, -0.25) is 0 Å². The van der Waals surface area contributed by atoms with Crippen LogP contribution in [-0.4, -0.2) is 18.8 Å². The predicted molar refractivity (Wildman–Crippen MR) is 70.2 cm³/mol. The maximum absolute atomic E-state index is 13.5. The van der Waals surface area contributed by atoms with Crippen LogP contribution in [0.25, 0.3) is 0 Å². The van der Waals surface area contributed by atoms with Crippen LogP contribution in [-0.2, 0) is 4.74 Å². The number of methoxy groups -OCH3 is 1. The molecule has 0 spiro atoms. The fourth-order valence-electron chi connectivity index (χ4n) is 1.75. The number of rotatable bonds is 5. The van der Waals surface area contributed by atoms with E-state index in [1.807, 2.05) is 20.8 Å². The molecule has 0 saturated heterocycles. The van der Waals surface area contributed by atoms with Crippen molar-refractivity contribution in [1.29, 1.82) is 0 Å². The van der Waals surface area contributed by atoms with Gasteiger partial charge in [0.25, 0.3) is 0 Å². The summed E-state index contributed by atoms with van der Waals surface area (Å²) in [6.07, 6.45) is 0.773. The Kier molecular flexibility index (Phi) is 4.78. The van der Waals surface area contributed by atoms with Crippen LogP contribution in [0.2, 0.25) is 5.02 Å². The van der Waals surface area contributed by atoms with Gasteiger partial charge in [0.1, 0.15) is 5.82 Å². The zero-order valence-electron chi connectivity index (χ0n) is 10.7. The summed E-state index contributed by atoms with van der Waals surface area (Å²) in [6, 6.07) is 4.58. The molecule has 0 heterocycles. The topological polar surface area (TPSA) is 21.3 Å². The number of anilines is 1. The van der Waals surface area contributed by atoms with Gasteiger partial charge in [0.05, 0.1) is 11.3 Å². The highest BCUT2D eigenvalue weighted by molar-refractivity contribution is 6.30. The minimum absolute atomic E-state index is 0.0953. The van der Waals surface area contributed by atoms with Gasteiger partial charge in [-0.05, 0) is 45.4 Å². The maximum Gasteiger partial charge on any atom is 0.146 e. The highest BCUT2D eigenvalue weighted by Crippen LogP contribution is 2.23. The van der Waals surface area contributed by atoms with Gasteiger partial charge >= 0.3 is 0 Å². The molecule has 1 unspecified atom stereocenters. The van der Waals surface area contributed by atoms with E-state index in [0.717, 1.165) is 6.42 Å². The van der Waals surface area contributed by atoms with E-state index in [2.05, 4.69) is 5.32 Å². The molecule has 17 heavy (non-hydrogen) atoms. The molecule has 1 aromatic carbocycles. The molecule has 0 saturated carbocycles. The fourth-order valence-corrected chi connectivity index (χ4v) is 1.92. The van der Waals surface area contributed by atoms with Gasteiger partial charge in [0.15, 0.2) is 0 Å². The van der Waals surface area contributed by atoms with E-state index in [-0.39, 0.29) is 17.5 Å². The molecule has 2 nitrogen and oxygen atoms in total. The van der Waals surface area contributed by atoms with Crippen molar-refractivity contribution in [3.05, 3.63) is 29.0 Å². The van der Waals surface area contributed by atoms with Gasteiger partial charge < -0.3 is 10.1 Å². The van der Waals surface area contributed by atoms with Crippen molar-refractivity contribution in [3.8, 4) is 0 Å². The molecule has 1 atom stereocenters. The summed E-state index contributed by atoms with van der Waals surface area (Å²) in [6.45, 7) is 5.99.